The molecule has 0 aliphatic carbocycles. The van der Waals surface area contributed by atoms with E-state index in [2.05, 4.69) is 43.2 Å². The lowest BCUT2D eigenvalue weighted by atomic mass is 9.82. The highest BCUT2D eigenvalue weighted by atomic mass is 35.5. The van der Waals surface area contributed by atoms with Crippen molar-refractivity contribution < 1.29 is 0 Å². The van der Waals surface area contributed by atoms with Gasteiger partial charge in [-0.15, -0.1) is 0 Å². The first-order valence-corrected chi connectivity index (χ1v) is 7.54. The Hall–Kier alpha value is -0.570. The molecular weight excluding hydrogens is 256 g/mol. The number of nitrogens with one attached hydrogen (secondary N) is 1. The number of piperidine rings is 1. The number of nitrogens with zero attached hydrogens (tertiary/aromatic N) is 1. The van der Waals surface area contributed by atoms with E-state index in [1.807, 2.05) is 12.1 Å². The summed E-state index contributed by atoms with van der Waals surface area (Å²) in [7, 11) is 2.21. The number of hydrogen-bond acceptors (Lipinski definition) is 2. The van der Waals surface area contributed by atoms with Crippen LogP contribution >= 0.6 is 11.6 Å². The third-order valence-electron chi connectivity index (χ3n) is 4.31. The smallest absolute Gasteiger partial charge is 0.0409 e. The van der Waals surface area contributed by atoms with E-state index in [1.165, 1.54) is 24.9 Å². The van der Waals surface area contributed by atoms with E-state index in [0.29, 0.717) is 11.5 Å². The van der Waals surface area contributed by atoms with Gasteiger partial charge >= 0.3 is 0 Å². The fourth-order valence-corrected chi connectivity index (χ4v) is 3.21. The lowest BCUT2D eigenvalue weighted by molar-refractivity contribution is 0.127. The molecule has 1 N–H and O–H groups in total. The van der Waals surface area contributed by atoms with Crippen molar-refractivity contribution in [2.75, 3.05) is 26.7 Å². The molecule has 0 aromatic heterocycles. The first kappa shape index (κ1) is 14.8. The molecule has 0 saturated carbocycles. The molecule has 19 heavy (non-hydrogen) atoms. The third kappa shape index (κ3) is 3.95. The lowest BCUT2D eigenvalue weighted by Gasteiger charge is -2.39. The van der Waals surface area contributed by atoms with Crippen molar-refractivity contribution >= 4 is 11.6 Å². The summed E-state index contributed by atoms with van der Waals surface area (Å²) in [5, 5.41) is 4.34. The largest absolute Gasteiger partial charge is 0.316 e. The van der Waals surface area contributed by atoms with Gasteiger partial charge in [0, 0.05) is 24.2 Å². The topological polar surface area (TPSA) is 15.3 Å². The molecule has 1 aliphatic rings. The van der Waals surface area contributed by atoms with E-state index >= 15 is 0 Å². The van der Waals surface area contributed by atoms with Crippen molar-refractivity contribution in [3.8, 4) is 0 Å². The first-order chi connectivity index (χ1) is 9.00. The molecule has 0 amide bonds. The van der Waals surface area contributed by atoms with Crippen LogP contribution < -0.4 is 5.32 Å². The second-order valence-corrected chi connectivity index (χ2v) is 6.67. The molecule has 2 rings (SSSR count). The van der Waals surface area contributed by atoms with Crippen LogP contribution in [0.4, 0.5) is 0 Å². The molecule has 3 heteroatoms. The molecule has 1 fully saturated rings. The normalized spacial score (nSPS) is 25.5. The molecule has 2 atom stereocenters. The van der Waals surface area contributed by atoms with E-state index in [1.54, 1.807) is 0 Å². The Morgan fingerprint density at radius 1 is 1.47 bits per heavy atom. The highest BCUT2D eigenvalue weighted by Gasteiger charge is 2.29. The van der Waals surface area contributed by atoms with Crippen LogP contribution in [0.25, 0.3) is 0 Å². The van der Waals surface area contributed by atoms with Gasteiger partial charge in [0.1, 0.15) is 0 Å². The molecule has 2 nitrogen and oxygen atoms in total. The van der Waals surface area contributed by atoms with Gasteiger partial charge in [0.2, 0.25) is 0 Å². The second kappa shape index (κ2) is 6.25. The summed E-state index contributed by atoms with van der Waals surface area (Å²) < 4.78 is 0. The molecule has 0 bridgehead atoms. The van der Waals surface area contributed by atoms with E-state index in [9.17, 15) is 0 Å². The predicted octanol–water partition coefficient (Wildman–Crippen LogP) is 3.72. The summed E-state index contributed by atoms with van der Waals surface area (Å²) in [6.45, 7) is 8.06. The van der Waals surface area contributed by atoms with Crippen molar-refractivity contribution in [1.29, 1.82) is 0 Å². The average molecular weight is 281 g/mol. The maximum Gasteiger partial charge on any atom is 0.0409 e. The van der Waals surface area contributed by atoms with Gasteiger partial charge in [-0.1, -0.05) is 30.7 Å². The molecule has 1 saturated heterocycles. The molecule has 1 aromatic rings. The Morgan fingerprint density at radius 2 is 2.26 bits per heavy atom. The summed E-state index contributed by atoms with van der Waals surface area (Å²) in [5.74, 6) is 0. The zero-order valence-electron chi connectivity index (χ0n) is 12.2. The van der Waals surface area contributed by atoms with Crippen LogP contribution in [0.2, 0.25) is 5.02 Å². The van der Waals surface area contributed by atoms with Gasteiger partial charge in [-0.05, 0) is 56.5 Å². The van der Waals surface area contributed by atoms with E-state index in [0.717, 1.165) is 18.1 Å². The first-order valence-electron chi connectivity index (χ1n) is 7.17. The minimum Gasteiger partial charge on any atom is -0.316 e. The standard InChI is InChI=1S/C16H25ClN2/c1-13(14-6-4-7-15(17)10-14)19(3)12-16(2)8-5-9-18-11-16/h4,6-7,10,13,18H,5,8-9,11-12H2,1-3H3. The molecule has 0 radical (unpaired) electrons. The second-order valence-electron chi connectivity index (χ2n) is 6.24. The van der Waals surface area contributed by atoms with Crippen LogP contribution in [0.1, 0.15) is 38.3 Å². The van der Waals surface area contributed by atoms with Gasteiger partial charge in [-0.25, -0.2) is 0 Å². The van der Waals surface area contributed by atoms with Crippen LogP contribution in [0.15, 0.2) is 24.3 Å². The number of rotatable bonds is 4. The summed E-state index contributed by atoms with van der Waals surface area (Å²) in [6.07, 6.45) is 2.60. The van der Waals surface area contributed by atoms with E-state index in [-0.39, 0.29) is 0 Å². The summed E-state index contributed by atoms with van der Waals surface area (Å²) in [6, 6.07) is 8.60. The number of benzene rings is 1. The van der Waals surface area contributed by atoms with Crippen molar-refractivity contribution in [1.82, 2.24) is 10.2 Å². The average Bonchev–Trinajstić information content (AvgIpc) is 2.38. The molecule has 0 spiro atoms. The zero-order chi connectivity index (χ0) is 13.9. The fraction of sp³-hybridized carbons (Fsp3) is 0.625. The summed E-state index contributed by atoms with van der Waals surface area (Å²) >= 11 is 6.08. The maximum atomic E-state index is 6.08. The van der Waals surface area contributed by atoms with Crippen LogP contribution in [0.3, 0.4) is 0 Å². The number of hydrogen-bond donors (Lipinski definition) is 1. The van der Waals surface area contributed by atoms with Crippen LogP contribution in [-0.2, 0) is 0 Å². The molecular formula is C16H25ClN2. The highest BCUT2D eigenvalue weighted by molar-refractivity contribution is 6.30. The number of halogens is 1. The summed E-state index contributed by atoms with van der Waals surface area (Å²) in [4.78, 5) is 2.44. The van der Waals surface area contributed by atoms with Crippen molar-refractivity contribution in [3.63, 3.8) is 0 Å². The monoisotopic (exact) mass is 280 g/mol. The Balaban J connectivity index is 2.00. The van der Waals surface area contributed by atoms with Gasteiger partial charge in [0.05, 0.1) is 0 Å². The zero-order valence-corrected chi connectivity index (χ0v) is 13.0. The van der Waals surface area contributed by atoms with Gasteiger partial charge in [-0.3, -0.25) is 4.90 Å². The Morgan fingerprint density at radius 3 is 2.89 bits per heavy atom. The van der Waals surface area contributed by atoms with Crippen molar-refractivity contribution in [3.05, 3.63) is 34.9 Å². The highest BCUT2D eigenvalue weighted by Crippen LogP contribution is 2.30. The Bertz CT molecular complexity index is 413. The lowest BCUT2D eigenvalue weighted by Crippen LogP contribution is -2.45. The Kier molecular flexibility index (Phi) is 4.88. The van der Waals surface area contributed by atoms with Gasteiger partial charge < -0.3 is 5.32 Å². The van der Waals surface area contributed by atoms with Gasteiger partial charge in [0.15, 0.2) is 0 Å². The SMILES string of the molecule is CC(c1cccc(Cl)c1)N(C)CC1(C)CCCNC1. The van der Waals surface area contributed by atoms with Crippen molar-refractivity contribution in [2.24, 2.45) is 5.41 Å². The van der Waals surface area contributed by atoms with E-state index in [4.69, 9.17) is 11.6 Å². The predicted molar refractivity (Wildman–Crippen MR) is 82.7 cm³/mol. The summed E-state index contributed by atoms with van der Waals surface area (Å²) in [5.41, 5.74) is 1.68. The molecule has 1 aliphatic heterocycles. The van der Waals surface area contributed by atoms with Gasteiger partial charge in [0.25, 0.3) is 0 Å². The van der Waals surface area contributed by atoms with Crippen LogP contribution in [0.5, 0.6) is 0 Å². The quantitative estimate of drug-likeness (QED) is 0.904. The fourth-order valence-electron chi connectivity index (χ4n) is 3.01. The minimum atomic E-state index is 0.389. The van der Waals surface area contributed by atoms with Crippen molar-refractivity contribution in [2.45, 2.75) is 32.7 Å². The molecule has 1 aromatic carbocycles. The molecule has 106 valence electrons. The van der Waals surface area contributed by atoms with Crippen LogP contribution in [-0.4, -0.2) is 31.6 Å². The maximum absolute atomic E-state index is 6.08. The van der Waals surface area contributed by atoms with Crippen LogP contribution in [0, 0.1) is 5.41 Å². The molecule has 1 heterocycles. The molecule has 2 unspecified atom stereocenters. The third-order valence-corrected chi connectivity index (χ3v) is 4.54. The van der Waals surface area contributed by atoms with Gasteiger partial charge in [-0.2, -0.15) is 0 Å². The Labute approximate surface area is 122 Å². The van der Waals surface area contributed by atoms with E-state index < -0.39 is 0 Å². The minimum absolute atomic E-state index is 0.389.